The molecule has 2 fully saturated rings. The van der Waals surface area contributed by atoms with Crippen LogP contribution in [-0.4, -0.2) is 40.9 Å². The van der Waals surface area contributed by atoms with E-state index in [1.54, 1.807) is 18.6 Å². The minimum absolute atomic E-state index is 0.00880. The van der Waals surface area contributed by atoms with E-state index in [2.05, 4.69) is 32.4 Å². The number of anilines is 4. The maximum Gasteiger partial charge on any atom is 0.260 e. The van der Waals surface area contributed by atoms with Gasteiger partial charge >= 0.3 is 0 Å². The maximum absolute atomic E-state index is 13.3. The fourth-order valence-electron chi connectivity index (χ4n) is 4.41. The van der Waals surface area contributed by atoms with Crippen LogP contribution in [0, 0.1) is 11.8 Å². The monoisotopic (exact) mass is 465 g/mol. The van der Waals surface area contributed by atoms with E-state index in [9.17, 15) is 9.59 Å². The number of nitrogens with one attached hydrogen (secondary N) is 2. The highest BCUT2D eigenvalue weighted by molar-refractivity contribution is 7.23. The second-order valence-electron chi connectivity index (χ2n) is 9.03. The minimum Gasteiger partial charge on any atom is -0.390 e. The normalized spacial score (nSPS) is 20.6. The van der Waals surface area contributed by atoms with Crippen molar-refractivity contribution in [2.75, 3.05) is 34.4 Å². The molecule has 1 aliphatic heterocycles. The third kappa shape index (κ3) is 4.49. The molecular formula is C23H27N7O2S. The van der Waals surface area contributed by atoms with Gasteiger partial charge in [-0.05, 0) is 37.3 Å². The summed E-state index contributed by atoms with van der Waals surface area (Å²) < 4.78 is 0.744. The number of nitrogens with two attached hydrogens (primary N) is 2. The number of nitrogens with zero attached hydrogens (tertiary/aromatic N) is 3. The van der Waals surface area contributed by atoms with Gasteiger partial charge in [0.15, 0.2) is 0 Å². The van der Waals surface area contributed by atoms with Crippen LogP contribution in [-0.2, 0) is 4.79 Å². The van der Waals surface area contributed by atoms with E-state index < -0.39 is 0 Å². The molecule has 0 radical (unpaired) electrons. The Bertz CT molecular complexity index is 1210. The molecule has 6 N–H and O–H groups in total. The average molecular weight is 466 g/mol. The van der Waals surface area contributed by atoms with Crippen molar-refractivity contribution in [2.24, 2.45) is 17.6 Å². The molecule has 0 spiro atoms. The van der Waals surface area contributed by atoms with E-state index in [0.717, 1.165) is 42.7 Å². The van der Waals surface area contributed by atoms with E-state index in [1.807, 2.05) is 12.1 Å². The van der Waals surface area contributed by atoms with Crippen LogP contribution in [0.15, 0.2) is 30.7 Å². The number of amides is 2. The fourth-order valence-corrected chi connectivity index (χ4v) is 5.38. The third-order valence-corrected chi connectivity index (χ3v) is 7.03. The SMILES string of the molecule is C[C@@H]1C[C@H](N)CN(c2ccncc2NC(=O)c2c(N)sc3cc(NC(=O)C4CC4)cnc23)C1. The number of fused-ring (bicyclic) bond motifs is 1. The molecule has 3 aromatic heterocycles. The van der Waals surface area contributed by atoms with Crippen LogP contribution in [0.2, 0.25) is 0 Å². The molecule has 0 aromatic carbocycles. The molecule has 5 rings (SSSR count). The lowest BCUT2D eigenvalue weighted by Crippen LogP contribution is -2.46. The van der Waals surface area contributed by atoms with Crippen LogP contribution in [0.5, 0.6) is 0 Å². The minimum atomic E-state index is -0.343. The summed E-state index contributed by atoms with van der Waals surface area (Å²) in [6.07, 6.45) is 7.75. The average Bonchev–Trinajstić information content (AvgIpc) is 3.56. The van der Waals surface area contributed by atoms with E-state index in [0.29, 0.717) is 33.4 Å². The first-order chi connectivity index (χ1) is 15.9. The van der Waals surface area contributed by atoms with Gasteiger partial charge in [0.1, 0.15) is 10.6 Å². The zero-order valence-electron chi connectivity index (χ0n) is 18.4. The number of carbonyl (C=O) groups is 2. The number of piperidine rings is 1. The van der Waals surface area contributed by atoms with Gasteiger partial charge in [0.2, 0.25) is 5.91 Å². The molecule has 1 aliphatic carbocycles. The quantitative estimate of drug-likeness (QED) is 0.454. The summed E-state index contributed by atoms with van der Waals surface area (Å²) in [5.74, 6) is 0.224. The molecule has 9 nitrogen and oxygen atoms in total. The Kier molecular flexibility index (Phi) is 5.63. The Hall–Kier alpha value is -3.24. The van der Waals surface area contributed by atoms with Crippen LogP contribution in [0.4, 0.5) is 22.1 Å². The van der Waals surface area contributed by atoms with Crippen molar-refractivity contribution in [2.45, 2.75) is 32.2 Å². The number of hydrogen-bond donors (Lipinski definition) is 4. The predicted octanol–water partition coefficient (Wildman–Crippen LogP) is 3.05. The summed E-state index contributed by atoms with van der Waals surface area (Å²) in [5.41, 5.74) is 15.4. The summed E-state index contributed by atoms with van der Waals surface area (Å²) >= 11 is 1.28. The second-order valence-corrected chi connectivity index (χ2v) is 10.1. The summed E-state index contributed by atoms with van der Waals surface area (Å²) in [5, 5.41) is 6.24. The van der Waals surface area contributed by atoms with E-state index in [-0.39, 0.29) is 23.8 Å². The highest BCUT2D eigenvalue weighted by Crippen LogP contribution is 2.36. The van der Waals surface area contributed by atoms with Crippen LogP contribution in [0.1, 0.15) is 36.5 Å². The smallest absolute Gasteiger partial charge is 0.260 e. The molecule has 172 valence electrons. The predicted molar refractivity (Wildman–Crippen MR) is 132 cm³/mol. The number of nitrogen functional groups attached to an aromatic ring is 1. The highest BCUT2D eigenvalue weighted by Gasteiger charge is 2.30. The van der Waals surface area contributed by atoms with Gasteiger partial charge < -0.3 is 27.0 Å². The van der Waals surface area contributed by atoms with Gasteiger partial charge in [0.25, 0.3) is 5.91 Å². The lowest BCUT2D eigenvalue weighted by atomic mass is 9.96. The molecule has 1 saturated heterocycles. The highest BCUT2D eigenvalue weighted by atomic mass is 32.1. The Labute approximate surface area is 195 Å². The van der Waals surface area contributed by atoms with Gasteiger partial charge in [0.05, 0.1) is 39.7 Å². The van der Waals surface area contributed by atoms with Crippen molar-refractivity contribution in [1.82, 2.24) is 9.97 Å². The molecule has 2 amide bonds. The molecule has 0 unspecified atom stereocenters. The molecular weight excluding hydrogens is 438 g/mol. The number of thiophene rings is 1. The molecule has 10 heteroatoms. The van der Waals surface area contributed by atoms with Crippen molar-refractivity contribution in [3.63, 3.8) is 0 Å². The van der Waals surface area contributed by atoms with Crippen molar-refractivity contribution in [3.05, 3.63) is 36.3 Å². The number of hydrogen-bond acceptors (Lipinski definition) is 8. The van der Waals surface area contributed by atoms with Gasteiger partial charge in [-0.25, -0.2) is 0 Å². The topological polar surface area (TPSA) is 139 Å². The Balaban J connectivity index is 1.39. The van der Waals surface area contributed by atoms with E-state index in [4.69, 9.17) is 11.5 Å². The maximum atomic E-state index is 13.3. The molecule has 2 aliphatic rings. The van der Waals surface area contributed by atoms with Crippen LogP contribution in [0.25, 0.3) is 10.2 Å². The van der Waals surface area contributed by atoms with Crippen molar-refractivity contribution in [1.29, 1.82) is 0 Å². The number of carbonyl (C=O) groups excluding carboxylic acids is 2. The Morgan fingerprint density at radius 2 is 2.03 bits per heavy atom. The molecule has 1 saturated carbocycles. The zero-order chi connectivity index (χ0) is 23.1. The standard InChI is InChI=1S/C23H27N7O2S/c1-12-6-14(24)11-30(10-12)17-4-5-26-9-16(17)29-23(32)19-20-18(33-21(19)25)7-15(8-27-20)28-22(31)13-2-3-13/h4-5,7-9,12-14H,2-3,6,10-11,24-25H2,1H3,(H,28,31)(H,29,32)/t12-,14+/m1/s1. The summed E-state index contributed by atoms with van der Waals surface area (Å²) in [7, 11) is 0. The molecule has 4 heterocycles. The fraction of sp³-hybridized carbons (Fsp3) is 0.391. The molecule has 3 aromatic rings. The second kappa shape index (κ2) is 8.60. The van der Waals surface area contributed by atoms with E-state index in [1.165, 1.54) is 11.3 Å². The first-order valence-electron chi connectivity index (χ1n) is 11.1. The van der Waals surface area contributed by atoms with Crippen LogP contribution in [0.3, 0.4) is 0 Å². The van der Waals surface area contributed by atoms with Crippen molar-refractivity contribution >= 4 is 55.4 Å². The lowest BCUT2D eigenvalue weighted by molar-refractivity contribution is -0.117. The van der Waals surface area contributed by atoms with Gasteiger partial charge in [-0.1, -0.05) is 6.92 Å². The largest absolute Gasteiger partial charge is 0.390 e. The van der Waals surface area contributed by atoms with Crippen LogP contribution >= 0.6 is 11.3 Å². The Morgan fingerprint density at radius 1 is 1.21 bits per heavy atom. The van der Waals surface area contributed by atoms with Gasteiger partial charge in [0, 0.05) is 31.2 Å². The van der Waals surface area contributed by atoms with Gasteiger partial charge in [-0.3, -0.25) is 19.6 Å². The summed E-state index contributed by atoms with van der Waals surface area (Å²) in [6.45, 7) is 3.76. The first-order valence-corrected chi connectivity index (χ1v) is 12.0. The van der Waals surface area contributed by atoms with Gasteiger partial charge in [-0.15, -0.1) is 11.3 Å². The first kappa shape index (κ1) is 21.6. The third-order valence-electron chi connectivity index (χ3n) is 6.08. The van der Waals surface area contributed by atoms with Crippen LogP contribution < -0.4 is 27.0 Å². The van der Waals surface area contributed by atoms with Crippen molar-refractivity contribution in [3.8, 4) is 0 Å². The Morgan fingerprint density at radius 3 is 2.79 bits per heavy atom. The molecule has 33 heavy (non-hydrogen) atoms. The molecule has 0 bridgehead atoms. The lowest BCUT2D eigenvalue weighted by Gasteiger charge is -2.37. The zero-order valence-corrected chi connectivity index (χ0v) is 19.2. The van der Waals surface area contributed by atoms with Crippen molar-refractivity contribution < 1.29 is 9.59 Å². The summed E-state index contributed by atoms with van der Waals surface area (Å²) in [4.78, 5) is 36.2. The van der Waals surface area contributed by atoms with Gasteiger partial charge in [-0.2, -0.15) is 0 Å². The molecule has 2 atom stereocenters. The number of rotatable bonds is 5. The number of pyridine rings is 2. The number of aromatic nitrogens is 2. The van der Waals surface area contributed by atoms with E-state index >= 15 is 0 Å². The summed E-state index contributed by atoms with van der Waals surface area (Å²) in [6, 6.07) is 3.79.